The maximum Gasteiger partial charge on any atom is 0.323 e. The number of methoxy groups -OCH3 is 1. The van der Waals surface area contributed by atoms with Crippen molar-refractivity contribution in [1.82, 2.24) is 14.6 Å². The van der Waals surface area contributed by atoms with Crippen LogP contribution >= 0.6 is 0 Å². The number of hydrogen-bond acceptors (Lipinski definition) is 4. The van der Waals surface area contributed by atoms with E-state index in [1.807, 2.05) is 6.92 Å². The molecule has 2 heterocycles. The summed E-state index contributed by atoms with van der Waals surface area (Å²) >= 11 is 0. The van der Waals surface area contributed by atoms with Crippen LogP contribution in [-0.4, -0.2) is 27.7 Å². The summed E-state index contributed by atoms with van der Waals surface area (Å²) in [6.07, 6.45) is 1.80. The Bertz CT molecular complexity index is 877. The molecule has 0 atom stereocenters. The molecule has 3 rings (SSSR count). The molecule has 0 saturated carbocycles. The van der Waals surface area contributed by atoms with E-state index < -0.39 is 11.8 Å². The second-order valence-electron chi connectivity index (χ2n) is 4.79. The number of urea groups is 1. The Morgan fingerprint density at radius 2 is 2.09 bits per heavy atom. The number of carbonyl (C=O) groups excluding carboxylic acids is 1. The summed E-state index contributed by atoms with van der Waals surface area (Å²) in [4.78, 5) is 12.1. The number of carbonyl (C=O) groups is 1. The van der Waals surface area contributed by atoms with Gasteiger partial charge >= 0.3 is 6.03 Å². The smallest absolute Gasteiger partial charge is 0.323 e. The number of ether oxygens (including phenoxy) is 1. The van der Waals surface area contributed by atoms with E-state index in [1.54, 1.807) is 28.8 Å². The standard InChI is InChI=1S/C15H14FN5O2/c1-9-19-20-14-12(4-3-7-21(9)14)18-15(22)17-10-5-6-13(23-2)11(16)8-10/h3-8H,1-2H3,(H2,17,18,22). The molecule has 0 aliphatic heterocycles. The van der Waals surface area contributed by atoms with Gasteiger partial charge in [-0.2, -0.15) is 0 Å². The molecule has 1 aromatic carbocycles. The van der Waals surface area contributed by atoms with Gasteiger partial charge in [0.05, 0.1) is 12.8 Å². The van der Waals surface area contributed by atoms with Crippen LogP contribution in [0.2, 0.25) is 0 Å². The number of hydrogen-bond donors (Lipinski definition) is 2. The lowest BCUT2D eigenvalue weighted by Gasteiger charge is -2.09. The zero-order chi connectivity index (χ0) is 16.4. The fourth-order valence-corrected chi connectivity index (χ4v) is 2.16. The van der Waals surface area contributed by atoms with Gasteiger partial charge in [-0.15, -0.1) is 10.2 Å². The number of aromatic nitrogens is 3. The molecule has 0 aliphatic carbocycles. The first-order valence-electron chi connectivity index (χ1n) is 6.80. The number of fused-ring (bicyclic) bond motifs is 1. The number of halogens is 1. The first kappa shape index (κ1) is 14.8. The largest absolute Gasteiger partial charge is 0.494 e. The van der Waals surface area contributed by atoms with E-state index in [0.29, 0.717) is 22.8 Å². The number of nitrogens with one attached hydrogen (secondary N) is 2. The molecule has 23 heavy (non-hydrogen) atoms. The number of benzene rings is 1. The van der Waals surface area contributed by atoms with Gasteiger partial charge in [0.15, 0.2) is 17.2 Å². The van der Waals surface area contributed by atoms with Crippen LogP contribution in [-0.2, 0) is 0 Å². The molecule has 0 unspecified atom stereocenters. The number of pyridine rings is 1. The predicted molar refractivity (Wildman–Crippen MR) is 83.3 cm³/mol. The van der Waals surface area contributed by atoms with Crippen LogP contribution in [0.15, 0.2) is 36.5 Å². The molecule has 2 amide bonds. The van der Waals surface area contributed by atoms with E-state index in [1.165, 1.54) is 19.2 Å². The molecule has 0 bridgehead atoms. The van der Waals surface area contributed by atoms with Crippen molar-refractivity contribution < 1.29 is 13.9 Å². The molecule has 0 saturated heterocycles. The van der Waals surface area contributed by atoms with E-state index in [2.05, 4.69) is 20.8 Å². The summed E-state index contributed by atoms with van der Waals surface area (Å²) in [5.41, 5.74) is 1.34. The molecule has 0 radical (unpaired) electrons. The Morgan fingerprint density at radius 1 is 1.26 bits per heavy atom. The van der Waals surface area contributed by atoms with Gasteiger partial charge in [0.1, 0.15) is 5.82 Å². The molecular weight excluding hydrogens is 301 g/mol. The van der Waals surface area contributed by atoms with E-state index in [4.69, 9.17) is 4.74 Å². The highest BCUT2D eigenvalue weighted by atomic mass is 19.1. The Morgan fingerprint density at radius 3 is 2.83 bits per heavy atom. The second-order valence-corrected chi connectivity index (χ2v) is 4.79. The van der Waals surface area contributed by atoms with Crippen LogP contribution in [0.4, 0.5) is 20.6 Å². The SMILES string of the molecule is COc1ccc(NC(=O)Nc2cccn3c(C)nnc23)cc1F. The number of anilines is 2. The molecule has 8 heteroatoms. The molecule has 3 aromatic rings. The lowest BCUT2D eigenvalue weighted by atomic mass is 10.3. The van der Waals surface area contributed by atoms with Crippen molar-refractivity contribution in [2.24, 2.45) is 0 Å². The maximum atomic E-state index is 13.6. The Labute approximate surface area is 131 Å². The number of rotatable bonds is 3. The van der Waals surface area contributed by atoms with E-state index in [0.717, 1.165) is 0 Å². The summed E-state index contributed by atoms with van der Waals surface area (Å²) in [7, 11) is 1.37. The third-order valence-electron chi connectivity index (χ3n) is 3.26. The first-order chi connectivity index (χ1) is 11.1. The minimum absolute atomic E-state index is 0.111. The molecule has 7 nitrogen and oxygen atoms in total. The van der Waals surface area contributed by atoms with Gasteiger partial charge in [-0.3, -0.25) is 4.40 Å². The Hall–Kier alpha value is -3.16. The van der Waals surface area contributed by atoms with E-state index >= 15 is 0 Å². The lowest BCUT2D eigenvalue weighted by molar-refractivity contribution is 0.262. The van der Waals surface area contributed by atoms with Crippen molar-refractivity contribution in [3.05, 3.63) is 48.2 Å². The van der Waals surface area contributed by atoms with Gasteiger partial charge in [0.25, 0.3) is 0 Å². The second kappa shape index (κ2) is 5.91. The third kappa shape index (κ3) is 2.91. The molecule has 0 spiro atoms. The van der Waals surface area contributed by atoms with Crippen molar-refractivity contribution in [3.8, 4) is 5.75 Å². The van der Waals surface area contributed by atoms with Crippen LogP contribution in [0.5, 0.6) is 5.75 Å². The summed E-state index contributed by atoms with van der Waals surface area (Å²) < 4.78 is 20.2. The molecule has 118 valence electrons. The molecule has 0 fully saturated rings. The van der Waals surface area contributed by atoms with Gasteiger partial charge in [-0.1, -0.05) is 0 Å². The molecular formula is C15H14FN5O2. The highest BCUT2D eigenvalue weighted by molar-refractivity contribution is 6.01. The van der Waals surface area contributed by atoms with Crippen LogP contribution in [0.25, 0.3) is 5.65 Å². The van der Waals surface area contributed by atoms with E-state index in [9.17, 15) is 9.18 Å². The third-order valence-corrected chi connectivity index (χ3v) is 3.26. The maximum absolute atomic E-state index is 13.6. The number of nitrogens with zero attached hydrogens (tertiary/aromatic N) is 3. The minimum atomic E-state index is -0.555. The van der Waals surface area contributed by atoms with Gasteiger partial charge < -0.3 is 15.4 Å². The topological polar surface area (TPSA) is 80.5 Å². The van der Waals surface area contributed by atoms with Crippen LogP contribution in [0.3, 0.4) is 0 Å². The summed E-state index contributed by atoms with van der Waals surface area (Å²) in [5.74, 6) is 0.265. The minimum Gasteiger partial charge on any atom is -0.494 e. The van der Waals surface area contributed by atoms with Gasteiger partial charge in [0.2, 0.25) is 0 Å². The van der Waals surface area contributed by atoms with Gasteiger partial charge in [-0.25, -0.2) is 9.18 Å². The normalized spacial score (nSPS) is 10.6. The number of amides is 2. The lowest BCUT2D eigenvalue weighted by Crippen LogP contribution is -2.20. The summed E-state index contributed by atoms with van der Waals surface area (Å²) in [6.45, 7) is 1.81. The zero-order valence-electron chi connectivity index (χ0n) is 12.5. The quantitative estimate of drug-likeness (QED) is 0.779. The monoisotopic (exact) mass is 315 g/mol. The highest BCUT2D eigenvalue weighted by Crippen LogP contribution is 2.21. The molecule has 2 aromatic heterocycles. The Balaban J connectivity index is 1.77. The van der Waals surface area contributed by atoms with E-state index in [-0.39, 0.29) is 5.75 Å². The molecule has 0 aliphatic rings. The first-order valence-corrected chi connectivity index (χ1v) is 6.80. The predicted octanol–water partition coefficient (Wildman–Crippen LogP) is 2.83. The average Bonchev–Trinajstić information content (AvgIpc) is 2.90. The van der Waals surface area contributed by atoms with Gasteiger partial charge in [-0.05, 0) is 31.2 Å². The van der Waals surface area contributed by atoms with Gasteiger partial charge in [0, 0.05) is 18.0 Å². The molecule has 2 N–H and O–H groups in total. The average molecular weight is 315 g/mol. The fraction of sp³-hybridized carbons (Fsp3) is 0.133. The Kier molecular flexibility index (Phi) is 3.80. The van der Waals surface area contributed by atoms with Crippen molar-refractivity contribution in [2.75, 3.05) is 17.7 Å². The summed E-state index contributed by atoms with van der Waals surface area (Å²) in [5, 5.41) is 13.2. The van der Waals surface area contributed by atoms with Crippen molar-refractivity contribution in [3.63, 3.8) is 0 Å². The van der Waals surface area contributed by atoms with Crippen molar-refractivity contribution in [1.29, 1.82) is 0 Å². The van der Waals surface area contributed by atoms with Crippen molar-refractivity contribution >= 4 is 23.1 Å². The van der Waals surface area contributed by atoms with Crippen LogP contribution in [0, 0.1) is 12.7 Å². The van der Waals surface area contributed by atoms with Crippen LogP contribution in [0.1, 0.15) is 5.82 Å². The fourth-order valence-electron chi connectivity index (χ4n) is 2.16. The summed E-state index contributed by atoms with van der Waals surface area (Å²) in [6, 6.07) is 7.13. The number of aryl methyl sites for hydroxylation is 1. The van der Waals surface area contributed by atoms with Crippen LogP contribution < -0.4 is 15.4 Å². The van der Waals surface area contributed by atoms with Crippen molar-refractivity contribution in [2.45, 2.75) is 6.92 Å². The zero-order valence-corrected chi connectivity index (χ0v) is 12.5. The highest BCUT2D eigenvalue weighted by Gasteiger charge is 2.10.